The minimum atomic E-state index is -0.682. The van der Waals surface area contributed by atoms with E-state index in [1.807, 2.05) is 33.0 Å². The molecule has 1 aliphatic rings. The number of hydrogen-bond acceptors (Lipinski definition) is 1. The summed E-state index contributed by atoms with van der Waals surface area (Å²) in [4.78, 5) is 11.3. The van der Waals surface area contributed by atoms with Gasteiger partial charge in [0.25, 0.3) is 0 Å². The van der Waals surface area contributed by atoms with Gasteiger partial charge in [0.05, 0.1) is 5.92 Å². The Morgan fingerprint density at radius 2 is 2.00 bits per heavy atom. The van der Waals surface area contributed by atoms with E-state index in [4.69, 9.17) is 0 Å². The highest BCUT2D eigenvalue weighted by molar-refractivity contribution is 5.87. The number of nitrogens with zero attached hydrogens (tertiary/aromatic N) is 1. The quantitative estimate of drug-likeness (QED) is 0.881. The third-order valence-electron chi connectivity index (χ3n) is 4.36. The van der Waals surface area contributed by atoms with Crippen molar-refractivity contribution in [2.24, 2.45) is 18.4 Å². The second-order valence-corrected chi connectivity index (χ2v) is 5.83. The van der Waals surface area contributed by atoms with E-state index in [1.165, 1.54) is 16.5 Å². The number of aryl methyl sites for hydroxylation is 1. The first kappa shape index (κ1) is 11.3. The lowest BCUT2D eigenvalue weighted by atomic mass is 10.0. The number of carbonyl (C=O) groups is 1. The van der Waals surface area contributed by atoms with Crippen molar-refractivity contribution in [3.05, 3.63) is 36.0 Å². The van der Waals surface area contributed by atoms with Crippen LogP contribution in [0.25, 0.3) is 10.9 Å². The molecular weight excluding hydrogens is 226 g/mol. The highest BCUT2D eigenvalue weighted by Gasteiger charge is 2.63. The van der Waals surface area contributed by atoms with Gasteiger partial charge in [-0.2, -0.15) is 0 Å². The van der Waals surface area contributed by atoms with Crippen LogP contribution >= 0.6 is 0 Å². The number of para-hydroxylation sites is 1. The summed E-state index contributed by atoms with van der Waals surface area (Å²) in [6.45, 7) is 4.08. The molecule has 1 heterocycles. The van der Waals surface area contributed by atoms with Crippen molar-refractivity contribution >= 4 is 16.9 Å². The molecule has 2 aromatic rings. The molecule has 1 aromatic carbocycles. The molecule has 3 nitrogen and oxygen atoms in total. The van der Waals surface area contributed by atoms with Crippen LogP contribution < -0.4 is 0 Å². The van der Waals surface area contributed by atoms with Crippen molar-refractivity contribution in [1.82, 2.24) is 4.57 Å². The first-order valence-corrected chi connectivity index (χ1v) is 6.21. The Kier molecular flexibility index (Phi) is 2.12. The predicted molar refractivity (Wildman–Crippen MR) is 70.6 cm³/mol. The minimum absolute atomic E-state index is 0.126. The Morgan fingerprint density at radius 1 is 1.33 bits per heavy atom. The summed E-state index contributed by atoms with van der Waals surface area (Å²) in [6, 6.07) is 8.18. The molecule has 2 atom stereocenters. The molecule has 0 amide bonds. The van der Waals surface area contributed by atoms with Crippen LogP contribution in [0.5, 0.6) is 0 Å². The lowest BCUT2D eigenvalue weighted by molar-refractivity contribution is -0.139. The van der Waals surface area contributed by atoms with Gasteiger partial charge in [-0.3, -0.25) is 4.79 Å². The Bertz CT molecular complexity index is 639. The number of hydrogen-bond donors (Lipinski definition) is 1. The van der Waals surface area contributed by atoms with Crippen molar-refractivity contribution in [3.8, 4) is 0 Å². The molecular formula is C15H17NO2. The fourth-order valence-corrected chi connectivity index (χ4v) is 3.30. The summed E-state index contributed by atoms with van der Waals surface area (Å²) in [5.41, 5.74) is 2.19. The van der Waals surface area contributed by atoms with Crippen LogP contribution in [0.15, 0.2) is 30.5 Å². The molecule has 1 aliphatic carbocycles. The van der Waals surface area contributed by atoms with Crippen LogP contribution in [0.2, 0.25) is 0 Å². The Balaban J connectivity index is 2.15. The van der Waals surface area contributed by atoms with Crippen LogP contribution in [0.3, 0.4) is 0 Å². The van der Waals surface area contributed by atoms with E-state index in [0.29, 0.717) is 0 Å². The van der Waals surface area contributed by atoms with E-state index in [9.17, 15) is 9.90 Å². The average molecular weight is 243 g/mol. The van der Waals surface area contributed by atoms with E-state index in [0.717, 1.165) is 0 Å². The fourth-order valence-electron chi connectivity index (χ4n) is 3.30. The van der Waals surface area contributed by atoms with Crippen molar-refractivity contribution in [2.75, 3.05) is 0 Å². The van der Waals surface area contributed by atoms with Crippen LogP contribution in [-0.2, 0) is 11.8 Å². The van der Waals surface area contributed by atoms with E-state index >= 15 is 0 Å². The van der Waals surface area contributed by atoms with Crippen LogP contribution in [-0.4, -0.2) is 15.6 Å². The maximum atomic E-state index is 11.3. The van der Waals surface area contributed by atoms with Crippen LogP contribution in [0.4, 0.5) is 0 Å². The van der Waals surface area contributed by atoms with Gasteiger partial charge in [-0.15, -0.1) is 0 Å². The number of fused-ring (bicyclic) bond motifs is 1. The molecule has 0 aliphatic heterocycles. The van der Waals surface area contributed by atoms with Gasteiger partial charge in [-0.1, -0.05) is 32.0 Å². The highest BCUT2D eigenvalue weighted by atomic mass is 16.4. The summed E-state index contributed by atoms with van der Waals surface area (Å²) in [7, 11) is 2.01. The van der Waals surface area contributed by atoms with Gasteiger partial charge in [0.1, 0.15) is 0 Å². The molecule has 0 bridgehead atoms. The van der Waals surface area contributed by atoms with E-state index < -0.39 is 5.97 Å². The average Bonchev–Trinajstić information content (AvgIpc) is 2.73. The molecule has 1 aromatic heterocycles. The maximum absolute atomic E-state index is 11.3. The SMILES string of the molecule is Cn1cc([C@H]2[C@H](C(=O)O)C2(C)C)c2ccccc21. The van der Waals surface area contributed by atoms with Gasteiger partial charge in [-0.05, 0) is 17.0 Å². The lowest BCUT2D eigenvalue weighted by Crippen LogP contribution is -2.03. The van der Waals surface area contributed by atoms with Crippen molar-refractivity contribution in [3.63, 3.8) is 0 Å². The summed E-state index contributed by atoms with van der Waals surface area (Å²) >= 11 is 0. The summed E-state index contributed by atoms with van der Waals surface area (Å²) < 4.78 is 2.08. The van der Waals surface area contributed by atoms with Gasteiger partial charge in [-0.25, -0.2) is 0 Å². The monoisotopic (exact) mass is 243 g/mol. The molecule has 0 radical (unpaired) electrons. The number of carboxylic acids is 1. The number of aliphatic carboxylic acids is 1. The molecule has 3 heteroatoms. The van der Waals surface area contributed by atoms with Gasteiger partial charge in [0.15, 0.2) is 0 Å². The zero-order valence-corrected chi connectivity index (χ0v) is 10.8. The van der Waals surface area contributed by atoms with Crippen molar-refractivity contribution in [1.29, 1.82) is 0 Å². The molecule has 0 saturated heterocycles. The smallest absolute Gasteiger partial charge is 0.307 e. The minimum Gasteiger partial charge on any atom is -0.481 e. The van der Waals surface area contributed by atoms with E-state index in [1.54, 1.807) is 0 Å². The molecule has 0 spiro atoms. The van der Waals surface area contributed by atoms with Gasteiger partial charge in [0.2, 0.25) is 0 Å². The lowest BCUT2D eigenvalue weighted by Gasteiger charge is -2.00. The highest BCUT2D eigenvalue weighted by Crippen LogP contribution is 2.65. The number of benzene rings is 1. The topological polar surface area (TPSA) is 42.2 Å². The first-order valence-electron chi connectivity index (χ1n) is 6.21. The van der Waals surface area contributed by atoms with E-state index in [2.05, 4.69) is 22.9 Å². The molecule has 18 heavy (non-hydrogen) atoms. The summed E-state index contributed by atoms with van der Waals surface area (Å²) in [5.74, 6) is -0.817. The third-order valence-corrected chi connectivity index (χ3v) is 4.36. The van der Waals surface area contributed by atoms with Gasteiger partial charge < -0.3 is 9.67 Å². The zero-order chi connectivity index (χ0) is 13.1. The zero-order valence-electron chi connectivity index (χ0n) is 10.8. The Morgan fingerprint density at radius 3 is 2.61 bits per heavy atom. The fraction of sp³-hybridized carbons (Fsp3) is 0.400. The maximum Gasteiger partial charge on any atom is 0.307 e. The van der Waals surface area contributed by atoms with Gasteiger partial charge >= 0.3 is 5.97 Å². The van der Waals surface area contributed by atoms with Crippen LogP contribution in [0, 0.1) is 11.3 Å². The largest absolute Gasteiger partial charge is 0.481 e. The predicted octanol–water partition coefficient (Wildman–Crippen LogP) is 3.00. The first-order chi connectivity index (χ1) is 8.44. The Hall–Kier alpha value is -1.77. The summed E-state index contributed by atoms with van der Waals surface area (Å²) in [5, 5.41) is 10.5. The number of aromatic nitrogens is 1. The second kappa shape index (κ2) is 3.37. The molecule has 1 fully saturated rings. The van der Waals surface area contributed by atoms with Gasteiger partial charge in [0, 0.05) is 30.1 Å². The molecule has 3 rings (SSSR count). The van der Waals surface area contributed by atoms with Crippen molar-refractivity contribution < 1.29 is 9.90 Å². The second-order valence-electron chi connectivity index (χ2n) is 5.83. The standard InChI is InChI=1S/C15H17NO2/c1-15(2)12(13(15)14(17)18)10-8-16(3)11-7-5-4-6-9(10)11/h4-8,12-13H,1-3H3,(H,17,18)/t12-,13+/m0/s1. The van der Waals surface area contributed by atoms with Crippen molar-refractivity contribution in [2.45, 2.75) is 19.8 Å². The number of rotatable bonds is 2. The van der Waals surface area contributed by atoms with Crippen LogP contribution in [0.1, 0.15) is 25.3 Å². The third kappa shape index (κ3) is 1.33. The normalized spacial score (nSPS) is 25.3. The summed E-state index contributed by atoms with van der Waals surface area (Å²) in [6.07, 6.45) is 2.08. The Labute approximate surface area is 106 Å². The molecule has 1 N–H and O–H groups in total. The molecule has 94 valence electrons. The number of carboxylic acid groups (broad SMARTS) is 1. The molecule has 0 unspecified atom stereocenters. The molecule has 1 saturated carbocycles. The van der Waals surface area contributed by atoms with E-state index in [-0.39, 0.29) is 17.3 Å².